The lowest BCUT2D eigenvalue weighted by Gasteiger charge is -2.15. The van der Waals surface area contributed by atoms with E-state index in [-0.39, 0.29) is 22.6 Å². The molecule has 0 spiro atoms. The molecule has 0 radical (unpaired) electrons. The zero-order valence-electron chi connectivity index (χ0n) is 15.3. The molecule has 0 aliphatic rings. The van der Waals surface area contributed by atoms with Crippen molar-refractivity contribution in [2.45, 2.75) is 31.2 Å². The smallest absolute Gasteiger partial charge is 0.248 e. The van der Waals surface area contributed by atoms with E-state index < -0.39 is 10.0 Å². The van der Waals surface area contributed by atoms with Crippen LogP contribution in [0.3, 0.4) is 0 Å². The van der Waals surface area contributed by atoms with Crippen LogP contribution >= 0.6 is 0 Å². The normalized spacial score (nSPS) is 12.7. The number of hydrogen-bond donors (Lipinski definition) is 1. The summed E-state index contributed by atoms with van der Waals surface area (Å²) in [5, 5.41) is 8.09. The van der Waals surface area contributed by atoms with Gasteiger partial charge in [0.2, 0.25) is 21.8 Å². The summed E-state index contributed by atoms with van der Waals surface area (Å²) in [5.41, 5.74) is 1.28. The maximum Gasteiger partial charge on any atom is 0.248 e. The van der Waals surface area contributed by atoms with E-state index >= 15 is 0 Å². The van der Waals surface area contributed by atoms with E-state index in [9.17, 15) is 8.42 Å². The van der Waals surface area contributed by atoms with E-state index in [1.807, 2.05) is 37.3 Å². The summed E-state index contributed by atoms with van der Waals surface area (Å²) in [6, 6.07) is 13.9. The van der Waals surface area contributed by atoms with Crippen molar-refractivity contribution in [1.82, 2.24) is 14.9 Å². The van der Waals surface area contributed by atoms with Gasteiger partial charge in [0.05, 0.1) is 7.11 Å². The number of hydrogen-bond acceptors (Lipinski definition) is 6. The van der Waals surface area contributed by atoms with Crippen molar-refractivity contribution in [2.24, 2.45) is 0 Å². The number of nitrogens with one attached hydrogen (secondary N) is 1. The summed E-state index contributed by atoms with van der Waals surface area (Å²) in [6.45, 7) is 3.71. The van der Waals surface area contributed by atoms with Gasteiger partial charge >= 0.3 is 0 Å². The standard InChI is InChI=1S/C19H21N3O4S/c1-4-13(2)22-27(23,24)17-12-15(10-11-16(17)25-3)19-21-20-18(26-19)14-8-6-5-7-9-14/h5-13,22H,4H2,1-3H3/t13-/m0/s1. The molecule has 7 nitrogen and oxygen atoms in total. The lowest BCUT2D eigenvalue weighted by Crippen LogP contribution is -2.32. The van der Waals surface area contributed by atoms with Gasteiger partial charge in [0, 0.05) is 17.2 Å². The van der Waals surface area contributed by atoms with E-state index in [1.165, 1.54) is 13.2 Å². The lowest BCUT2D eigenvalue weighted by atomic mass is 10.2. The highest BCUT2D eigenvalue weighted by molar-refractivity contribution is 7.89. The van der Waals surface area contributed by atoms with Crippen molar-refractivity contribution in [3.05, 3.63) is 48.5 Å². The van der Waals surface area contributed by atoms with E-state index in [0.717, 1.165) is 5.56 Å². The predicted octanol–water partition coefficient (Wildman–Crippen LogP) is 3.49. The first kappa shape index (κ1) is 19.1. The van der Waals surface area contributed by atoms with Gasteiger partial charge in [0.25, 0.3) is 0 Å². The molecule has 0 saturated carbocycles. The molecule has 0 aliphatic carbocycles. The Labute approximate surface area is 158 Å². The van der Waals surface area contributed by atoms with Crippen LogP contribution in [0.2, 0.25) is 0 Å². The van der Waals surface area contributed by atoms with Gasteiger partial charge in [-0.15, -0.1) is 10.2 Å². The molecule has 0 unspecified atom stereocenters. The fourth-order valence-electron chi connectivity index (χ4n) is 2.47. The number of benzene rings is 2. The molecule has 27 heavy (non-hydrogen) atoms. The number of aromatic nitrogens is 2. The van der Waals surface area contributed by atoms with Crippen molar-refractivity contribution in [3.63, 3.8) is 0 Å². The second-order valence-electron chi connectivity index (χ2n) is 6.07. The molecule has 0 aliphatic heterocycles. The number of methoxy groups -OCH3 is 1. The van der Waals surface area contributed by atoms with Gasteiger partial charge in [-0.3, -0.25) is 0 Å². The Kier molecular flexibility index (Phi) is 5.57. The van der Waals surface area contributed by atoms with Crippen LogP contribution in [0.15, 0.2) is 57.8 Å². The minimum Gasteiger partial charge on any atom is -0.495 e. The minimum absolute atomic E-state index is 0.0299. The van der Waals surface area contributed by atoms with Crippen LogP contribution in [-0.4, -0.2) is 31.8 Å². The third-order valence-corrected chi connectivity index (χ3v) is 5.73. The van der Waals surface area contributed by atoms with Crippen LogP contribution in [-0.2, 0) is 10.0 Å². The molecule has 0 fully saturated rings. The molecule has 1 heterocycles. The molecular formula is C19H21N3O4S. The molecule has 142 valence electrons. The van der Waals surface area contributed by atoms with Gasteiger partial charge in [0.15, 0.2) is 0 Å². The highest BCUT2D eigenvalue weighted by Gasteiger charge is 2.23. The van der Waals surface area contributed by atoms with Crippen LogP contribution in [0, 0.1) is 0 Å². The van der Waals surface area contributed by atoms with E-state index in [1.54, 1.807) is 19.1 Å². The number of ether oxygens (including phenoxy) is 1. The van der Waals surface area contributed by atoms with Crippen LogP contribution < -0.4 is 9.46 Å². The molecule has 3 rings (SSSR count). The molecule has 0 bridgehead atoms. The van der Waals surface area contributed by atoms with E-state index in [0.29, 0.717) is 17.9 Å². The highest BCUT2D eigenvalue weighted by atomic mass is 32.2. The second-order valence-corrected chi connectivity index (χ2v) is 7.76. The van der Waals surface area contributed by atoms with Gasteiger partial charge in [-0.05, 0) is 43.7 Å². The zero-order chi connectivity index (χ0) is 19.4. The number of sulfonamides is 1. The van der Waals surface area contributed by atoms with Gasteiger partial charge in [-0.25, -0.2) is 13.1 Å². The Morgan fingerprint density at radius 1 is 1.07 bits per heavy atom. The SMILES string of the molecule is CC[C@H](C)NS(=O)(=O)c1cc(-c2nnc(-c3ccccc3)o2)ccc1OC. The molecule has 0 amide bonds. The first-order chi connectivity index (χ1) is 12.9. The quantitative estimate of drug-likeness (QED) is 0.667. The van der Waals surface area contributed by atoms with Crippen molar-refractivity contribution < 1.29 is 17.6 Å². The van der Waals surface area contributed by atoms with Crippen LogP contribution in [0.4, 0.5) is 0 Å². The minimum atomic E-state index is -3.76. The lowest BCUT2D eigenvalue weighted by molar-refractivity contribution is 0.402. The van der Waals surface area contributed by atoms with Crippen molar-refractivity contribution in [1.29, 1.82) is 0 Å². The van der Waals surface area contributed by atoms with Gasteiger partial charge < -0.3 is 9.15 Å². The fraction of sp³-hybridized carbons (Fsp3) is 0.263. The molecule has 8 heteroatoms. The maximum atomic E-state index is 12.7. The van der Waals surface area contributed by atoms with E-state index in [4.69, 9.17) is 9.15 Å². The molecule has 1 atom stereocenters. The van der Waals surface area contributed by atoms with Crippen LogP contribution in [0.25, 0.3) is 22.9 Å². The average Bonchev–Trinajstić information content (AvgIpc) is 3.18. The fourth-order valence-corrected chi connectivity index (χ4v) is 3.99. The summed E-state index contributed by atoms with van der Waals surface area (Å²) in [7, 11) is -2.33. The van der Waals surface area contributed by atoms with Crippen LogP contribution in [0.5, 0.6) is 5.75 Å². The molecular weight excluding hydrogens is 366 g/mol. The number of nitrogens with zero attached hydrogens (tertiary/aromatic N) is 2. The summed E-state index contributed by atoms with van der Waals surface area (Å²) >= 11 is 0. The summed E-state index contributed by atoms with van der Waals surface area (Å²) < 4.78 is 39.0. The molecule has 0 saturated heterocycles. The highest BCUT2D eigenvalue weighted by Crippen LogP contribution is 2.31. The Balaban J connectivity index is 2.00. The van der Waals surface area contributed by atoms with Gasteiger partial charge in [-0.2, -0.15) is 0 Å². The molecule has 2 aromatic carbocycles. The molecule has 1 N–H and O–H groups in total. The van der Waals surface area contributed by atoms with E-state index in [2.05, 4.69) is 14.9 Å². The van der Waals surface area contributed by atoms with Crippen LogP contribution in [0.1, 0.15) is 20.3 Å². The predicted molar refractivity (Wildman–Crippen MR) is 102 cm³/mol. The van der Waals surface area contributed by atoms with Gasteiger partial charge in [-0.1, -0.05) is 25.1 Å². The molecule has 1 aromatic heterocycles. The Morgan fingerprint density at radius 3 is 2.37 bits per heavy atom. The first-order valence-corrected chi connectivity index (χ1v) is 10.0. The Morgan fingerprint density at radius 2 is 1.74 bits per heavy atom. The Bertz CT molecular complexity index is 1020. The van der Waals surface area contributed by atoms with Gasteiger partial charge in [0.1, 0.15) is 10.6 Å². The third kappa shape index (κ3) is 4.17. The molecule has 3 aromatic rings. The average molecular weight is 387 g/mol. The maximum absolute atomic E-state index is 12.7. The second kappa shape index (κ2) is 7.89. The first-order valence-electron chi connectivity index (χ1n) is 8.54. The summed E-state index contributed by atoms with van der Waals surface area (Å²) in [5.74, 6) is 0.845. The topological polar surface area (TPSA) is 94.3 Å². The summed E-state index contributed by atoms with van der Waals surface area (Å²) in [6.07, 6.45) is 0.672. The zero-order valence-corrected chi connectivity index (χ0v) is 16.2. The van der Waals surface area contributed by atoms with Crippen molar-refractivity contribution >= 4 is 10.0 Å². The summed E-state index contributed by atoms with van der Waals surface area (Å²) in [4.78, 5) is 0.0299. The van der Waals surface area contributed by atoms with Crippen molar-refractivity contribution in [3.8, 4) is 28.7 Å². The monoisotopic (exact) mass is 387 g/mol. The third-order valence-electron chi connectivity index (χ3n) is 4.11. The number of rotatable bonds is 7. The van der Waals surface area contributed by atoms with Crippen molar-refractivity contribution in [2.75, 3.05) is 7.11 Å². The Hall–Kier alpha value is -2.71. The largest absolute Gasteiger partial charge is 0.495 e.